The first-order valence-corrected chi connectivity index (χ1v) is 6.54. The fraction of sp³-hybridized carbons (Fsp3) is 0.533. The largest absolute Gasteiger partial charge is 0.481 e. The Kier molecular flexibility index (Phi) is 2.49. The Morgan fingerprint density at radius 2 is 1.67 bits per heavy atom. The lowest BCUT2D eigenvalue weighted by Gasteiger charge is -2.18. The Balaban J connectivity index is 1.90. The van der Waals surface area contributed by atoms with E-state index in [9.17, 15) is 9.90 Å². The fourth-order valence-corrected chi connectivity index (χ4v) is 2.88. The summed E-state index contributed by atoms with van der Waals surface area (Å²) in [6.45, 7) is 0.197. The van der Waals surface area contributed by atoms with Crippen molar-refractivity contribution in [2.24, 2.45) is 0 Å². The van der Waals surface area contributed by atoms with Crippen LogP contribution in [0.15, 0.2) is 24.3 Å². The Labute approximate surface area is 106 Å². The lowest BCUT2D eigenvalue weighted by Crippen LogP contribution is -2.16. The first-order valence-electron chi connectivity index (χ1n) is 6.54. The molecule has 18 heavy (non-hydrogen) atoms. The van der Waals surface area contributed by atoms with Crippen molar-refractivity contribution in [3.05, 3.63) is 35.4 Å². The predicted octanol–water partition coefficient (Wildman–Crippen LogP) is 2.22. The van der Waals surface area contributed by atoms with Crippen molar-refractivity contribution in [3.63, 3.8) is 0 Å². The van der Waals surface area contributed by atoms with Crippen LogP contribution in [0.1, 0.15) is 43.2 Å². The quantitative estimate of drug-likeness (QED) is 0.837. The predicted molar refractivity (Wildman–Crippen MR) is 67.6 cm³/mol. The molecule has 2 aliphatic carbocycles. The van der Waals surface area contributed by atoms with E-state index < -0.39 is 5.97 Å². The number of hydrogen-bond donors (Lipinski definition) is 2. The van der Waals surface area contributed by atoms with E-state index in [1.54, 1.807) is 0 Å². The van der Waals surface area contributed by atoms with Crippen LogP contribution in [0.25, 0.3) is 0 Å². The van der Waals surface area contributed by atoms with Gasteiger partial charge in [-0.3, -0.25) is 4.79 Å². The zero-order valence-corrected chi connectivity index (χ0v) is 10.4. The third-order valence-corrected chi connectivity index (χ3v) is 4.59. The fourth-order valence-electron chi connectivity index (χ4n) is 2.88. The first-order chi connectivity index (χ1) is 8.60. The van der Waals surface area contributed by atoms with E-state index in [1.807, 2.05) is 12.1 Å². The summed E-state index contributed by atoms with van der Waals surface area (Å²) in [4.78, 5) is 10.9. The summed E-state index contributed by atoms with van der Waals surface area (Å²) in [7, 11) is 0. The topological polar surface area (TPSA) is 57.5 Å². The number of aliphatic hydroxyl groups is 1. The van der Waals surface area contributed by atoms with Gasteiger partial charge in [-0.2, -0.15) is 0 Å². The van der Waals surface area contributed by atoms with Gasteiger partial charge in [-0.15, -0.1) is 0 Å². The number of rotatable bonds is 5. The molecule has 3 rings (SSSR count). The molecule has 0 radical (unpaired) electrons. The van der Waals surface area contributed by atoms with Crippen molar-refractivity contribution in [3.8, 4) is 0 Å². The molecule has 3 nitrogen and oxygen atoms in total. The number of aliphatic carboxylic acids is 1. The van der Waals surface area contributed by atoms with Gasteiger partial charge in [0.2, 0.25) is 0 Å². The molecule has 0 heterocycles. The smallest absolute Gasteiger partial charge is 0.304 e. The van der Waals surface area contributed by atoms with Crippen LogP contribution in [0.5, 0.6) is 0 Å². The van der Waals surface area contributed by atoms with Crippen LogP contribution < -0.4 is 0 Å². The van der Waals surface area contributed by atoms with Crippen LogP contribution in [-0.4, -0.2) is 22.8 Å². The summed E-state index contributed by atoms with van der Waals surface area (Å²) in [5, 5.41) is 18.5. The first kappa shape index (κ1) is 11.7. The summed E-state index contributed by atoms with van der Waals surface area (Å²) >= 11 is 0. The van der Waals surface area contributed by atoms with E-state index in [0.29, 0.717) is 0 Å². The average molecular weight is 246 g/mol. The molecule has 2 fully saturated rings. The molecular formula is C15H18O3. The summed E-state index contributed by atoms with van der Waals surface area (Å²) in [5.74, 6) is -0.721. The molecule has 2 N–H and O–H groups in total. The molecule has 3 heteroatoms. The van der Waals surface area contributed by atoms with Gasteiger partial charge in [0.25, 0.3) is 0 Å². The van der Waals surface area contributed by atoms with Crippen molar-refractivity contribution < 1.29 is 15.0 Å². The van der Waals surface area contributed by atoms with E-state index in [1.165, 1.54) is 5.56 Å². The average Bonchev–Trinajstić information content (AvgIpc) is 3.24. The van der Waals surface area contributed by atoms with Crippen LogP contribution >= 0.6 is 0 Å². The molecule has 1 aromatic carbocycles. The van der Waals surface area contributed by atoms with Crippen molar-refractivity contribution in [2.75, 3.05) is 6.61 Å². The summed E-state index contributed by atoms with van der Waals surface area (Å²) in [5.41, 5.74) is 2.16. The van der Waals surface area contributed by atoms with Gasteiger partial charge >= 0.3 is 5.97 Å². The molecule has 2 saturated carbocycles. The van der Waals surface area contributed by atoms with E-state index >= 15 is 0 Å². The Hall–Kier alpha value is -1.35. The zero-order chi connectivity index (χ0) is 12.8. The van der Waals surface area contributed by atoms with E-state index in [2.05, 4.69) is 12.1 Å². The van der Waals surface area contributed by atoms with Gasteiger partial charge in [0.05, 0.1) is 13.0 Å². The third-order valence-electron chi connectivity index (χ3n) is 4.59. The summed E-state index contributed by atoms with van der Waals surface area (Å²) < 4.78 is 0. The number of hydrogen-bond acceptors (Lipinski definition) is 2. The Morgan fingerprint density at radius 1 is 1.11 bits per heavy atom. The second-order valence-electron chi connectivity index (χ2n) is 5.87. The maximum Gasteiger partial charge on any atom is 0.304 e. The standard InChI is InChI=1S/C15H18O3/c16-10-15(6-7-15)12-3-1-2-11(8-12)14(4-5-14)9-13(17)18/h1-3,8,16H,4-7,9-10H2,(H,17,18). The molecular weight excluding hydrogens is 228 g/mol. The molecule has 1 aromatic rings. The Bertz CT molecular complexity index is 484. The minimum absolute atomic E-state index is 0.0324. The molecule has 0 atom stereocenters. The van der Waals surface area contributed by atoms with Gasteiger partial charge in [-0.1, -0.05) is 24.3 Å². The lowest BCUT2D eigenvalue weighted by atomic mass is 9.87. The highest BCUT2D eigenvalue weighted by molar-refractivity contribution is 5.70. The van der Waals surface area contributed by atoms with Crippen LogP contribution in [0.3, 0.4) is 0 Å². The highest BCUT2D eigenvalue weighted by Gasteiger charge is 2.48. The monoisotopic (exact) mass is 246 g/mol. The molecule has 0 bridgehead atoms. The minimum Gasteiger partial charge on any atom is -0.481 e. The van der Waals surface area contributed by atoms with Gasteiger partial charge in [0, 0.05) is 10.8 Å². The number of carbonyl (C=O) groups is 1. The summed E-state index contributed by atoms with van der Waals surface area (Å²) in [6, 6.07) is 8.22. The van der Waals surface area contributed by atoms with Crippen LogP contribution in [0.4, 0.5) is 0 Å². The van der Waals surface area contributed by atoms with Crippen molar-refractivity contribution >= 4 is 5.97 Å². The van der Waals surface area contributed by atoms with Crippen LogP contribution in [0.2, 0.25) is 0 Å². The number of aliphatic hydroxyl groups excluding tert-OH is 1. The van der Waals surface area contributed by atoms with E-state index in [-0.39, 0.29) is 23.9 Å². The maximum atomic E-state index is 10.9. The SMILES string of the molecule is O=C(O)CC1(c2cccc(C3(CO)CC3)c2)CC1. The van der Waals surface area contributed by atoms with Gasteiger partial charge in [0.1, 0.15) is 0 Å². The van der Waals surface area contributed by atoms with Crippen molar-refractivity contribution in [2.45, 2.75) is 42.9 Å². The van der Waals surface area contributed by atoms with Gasteiger partial charge in [0.15, 0.2) is 0 Å². The van der Waals surface area contributed by atoms with Crippen molar-refractivity contribution in [1.29, 1.82) is 0 Å². The molecule has 0 saturated heterocycles. The molecule has 0 aliphatic heterocycles. The van der Waals surface area contributed by atoms with E-state index in [0.717, 1.165) is 31.2 Å². The normalized spacial score (nSPS) is 22.5. The van der Waals surface area contributed by atoms with Gasteiger partial charge in [-0.25, -0.2) is 0 Å². The van der Waals surface area contributed by atoms with Crippen LogP contribution in [0, 0.1) is 0 Å². The summed E-state index contributed by atoms with van der Waals surface area (Å²) in [6.07, 6.45) is 4.24. The number of carboxylic acid groups (broad SMARTS) is 1. The van der Waals surface area contributed by atoms with Gasteiger partial charge < -0.3 is 10.2 Å². The molecule has 0 amide bonds. The second kappa shape index (κ2) is 3.82. The highest BCUT2D eigenvalue weighted by Crippen LogP contribution is 2.53. The van der Waals surface area contributed by atoms with Crippen LogP contribution in [-0.2, 0) is 15.6 Å². The van der Waals surface area contributed by atoms with Crippen molar-refractivity contribution in [1.82, 2.24) is 0 Å². The molecule has 96 valence electrons. The van der Waals surface area contributed by atoms with Gasteiger partial charge in [-0.05, 0) is 36.8 Å². The highest BCUT2D eigenvalue weighted by atomic mass is 16.4. The maximum absolute atomic E-state index is 10.9. The van der Waals surface area contributed by atoms with E-state index in [4.69, 9.17) is 5.11 Å². The molecule has 0 spiro atoms. The zero-order valence-electron chi connectivity index (χ0n) is 10.4. The lowest BCUT2D eigenvalue weighted by molar-refractivity contribution is -0.137. The minimum atomic E-state index is -0.721. The third kappa shape index (κ3) is 1.83. The number of benzene rings is 1. The Morgan fingerprint density at radius 3 is 2.11 bits per heavy atom. The number of carboxylic acids is 1. The molecule has 2 aliphatic rings. The molecule has 0 aromatic heterocycles. The second-order valence-corrected chi connectivity index (χ2v) is 5.87. The molecule has 0 unspecified atom stereocenters.